The molecule has 2 heterocycles. The molecule has 0 radical (unpaired) electrons. The first-order valence-corrected chi connectivity index (χ1v) is 12.1. The highest BCUT2D eigenvalue weighted by Gasteiger charge is 2.32. The van der Waals surface area contributed by atoms with Gasteiger partial charge in [-0.15, -0.1) is 6.58 Å². The van der Waals surface area contributed by atoms with Crippen LogP contribution in [0.25, 0.3) is 6.08 Å². The lowest BCUT2D eigenvalue weighted by Crippen LogP contribution is -2.35. The number of amides is 1. The maximum absolute atomic E-state index is 12.5. The summed E-state index contributed by atoms with van der Waals surface area (Å²) >= 11 is 1.38. The van der Waals surface area contributed by atoms with Gasteiger partial charge in [-0.05, 0) is 54.8 Å². The largest absolute Gasteiger partial charge is 0.493 e. The molecular weight excluding hydrogens is 478 g/mol. The molecule has 9 heteroatoms. The molecular formula is C27H27N3O5S. The summed E-state index contributed by atoms with van der Waals surface area (Å²) in [6.07, 6.45) is 6.03. The summed E-state index contributed by atoms with van der Waals surface area (Å²) < 4.78 is 22.6. The minimum Gasteiger partial charge on any atom is -0.493 e. The third-order valence-corrected chi connectivity index (χ3v) is 6.30. The molecule has 2 aliphatic heterocycles. The first-order chi connectivity index (χ1) is 17.4. The van der Waals surface area contributed by atoms with E-state index in [1.54, 1.807) is 49.6 Å². The highest BCUT2D eigenvalue weighted by atomic mass is 32.2. The molecule has 0 saturated carbocycles. The normalized spacial score (nSPS) is 15.9. The Labute approximate surface area is 214 Å². The van der Waals surface area contributed by atoms with Crippen LogP contribution in [0, 0.1) is 5.41 Å². The highest BCUT2D eigenvalue weighted by Crippen LogP contribution is 2.34. The molecule has 0 atom stereocenters. The molecule has 0 aliphatic carbocycles. The van der Waals surface area contributed by atoms with E-state index in [0.717, 1.165) is 16.9 Å². The van der Waals surface area contributed by atoms with Gasteiger partial charge in [0, 0.05) is 11.1 Å². The van der Waals surface area contributed by atoms with Crippen molar-refractivity contribution in [3.63, 3.8) is 0 Å². The summed E-state index contributed by atoms with van der Waals surface area (Å²) in [6.45, 7) is 6.26. The number of amidine groups is 2. The predicted octanol–water partition coefficient (Wildman–Crippen LogP) is 5.06. The number of ether oxygens (including phenoxy) is 4. The van der Waals surface area contributed by atoms with Crippen LogP contribution in [0.15, 0.2) is 70.7 Å². The molecule has 186 valence electrons. The lowest BCUT2D eigenvalue weighted by Gasteiger charge is -2.22. The van der Waals surface area contributed by atoms with E-state index in [9.17, 15) is 4.79 Å². The van der Waals surface area contributed by atoms with E-state index in [2.05, 4.69) is 11.6 Å². The number of methoxy groups -OCH3 is 2. The van der Waals surface area contributed by atoms with Crippen LogP contribution >= 0.6 is 11.8 Å². The number of carbonyl (C=O) groups excluding carboxylic acids is 1. The number of aliphatic imine (C=N–C) groups is 1. The third-order valence-electron chi connectivity index (χ3n) is 5.40. The van der Waals surface area contributed by atoms with E-state index in [0.29, 0.717) is 40.3 Å². The zero-order chi connectivity index (χ0) is 25.7. The van der Waals surface area contributed by atoms with E-state index < -0.39 is 5.91 Å². The Bertz CT molecular complexity index is 1300. The van der Waals surface area contributed by atoms with Crippen molar-refractivity contribution in [1.82, 2.24) is 4.90 Å². The fourth-order valence-electron chi connectivity index (χ4n) is 3.69. The van der Waals surface area contributed by atoms with Crippen LogP contribution in [-0.4, -0.2) is 49.2 Å². The number of fused-ring (bicyclic) bond motifs is 1. The van der Waals surface area contributed by atoms with Crippen LogP contribution in [0.4, 0.5) is 0 Å². The highest BCUT2D eigenvalue weighted by molar-refractivity contribution is 8.17. The second-order valence-corrected chi connectivity index (χ2v) is 9.12. The van der Waals surface area contributed by atoms with Crippen LogP contribution in [0.2, 0.25) is 0 Å². The quantitative estimate of drug-likeness (QED) is 0.274. The second kappa shape index (κ2) is 11.2. The summed E-state index contributed by atoms with van der Waals surface area (Å²) in [6, 6.07) is 11.1. The number of carbonyl (C=O) groups is 1. The fraction of sp³-hybridized carbons (Fsp3) is 0.222. The number of benzene rings is 2. The molecule has 1 N–H and O–H groups in total. The number of thioether (sulfide) groups is 1. The summed E-state index contributed by atoms with van der Waals surface area (Å²) in [5, 5.41) is 8.95. The van der Waals surface area contributed by atoms with Crippen LogP contribution in [0.1, 0.15) is 18.1 Å². The van der Waals surface area contributed by atoms with E-state index in [4.69, 9.17) is 24.4 Å². The molecule has 0 unspecified atom stereocenters. The Balaban J connectivity index is 1.41. The minimum atomic E-state index is -0.439. The Morgan fingerprint density at radius 2 is 1.69 bits per heavy atom. The zero-order valence-electron chi connectivity index (χ0n) is 20.4. The molecule has 2 aliphatic rings. The molecule has 8 nitrogen and oxygen atoms in total. The van der Waals surface area contributed by atoms with E-state index in [1.165, 1.54) is 11.8 Å². The maximum atomic E-state index is 12.5. The van der Waals surface area contributed by atoms with Gasteiger partial charge in [0.2, 0.25) is 0 Å². The van der Waals surface area contributed by atoms with E-state index in [1.807, 2.05) is 31.2 Å². The van der Waals surface area contributed by atoms with Gasteiger partial charge in [-0.2, -0.15) is 4.99 Å². The van der Waals surface area contributed by atoms with Crippen molar-refractivity contribution in [3.05, 3.63) is 76.9 Å². The molecule has 4 rings (SSSR count). The standard InChI is InChI=1S/C27H27N3O5S/c1-5-6-18-7-9-21(23(14-18)32-3)34-11-12-35-22-10-8-19(15-24(22)33-4)13-20-25(28)30-16-17(2)36-27(30)29-26(20)31/h5,7-10,13-16,28H,1,6,11-12H2,2-4H3. The van der Waals surface area contributed by atoms with Crippen LogP contribution in [0.3, 0.4) is 0 Å². The summed E-state index contributed by atoms with van der Waals surface area (Å²) in [4.78, 5) is 19.2. The molecule has 0 saturated heterocycles. The topological polar surface area (TPSA) is 93.4 Å². The third kappa shape index (κ3) is 5.46. The Morgan fingerprint density at radius 1 is 1.03 bits per heavy atom. The summed E-state index contributed by atoms with van der Waals surface area (Å²) in [5.41, 5.74) is 2.00. The van der Waals surface area contributed by atoms with E-state index >= 15 is 0 Å². The van der Waals surface area contributed by atoms with Gasteiger partial charge in [0.15, 0.2) is 28.2 Å². The Hall–Kier alpha value is -3.98. The molecule has 1 amide bonds. The molecule has 0 fully saturated rings. The first kappa shape index (κ1) is 25.1. The van der Waals surface area contributed by atoms with Crippen molar-refractivity contribution >= 4 is 34.7 Å². The number of rotatable bonds is 10. The van der Waals surface area contributed by atoms with Gasteiger partial charge in [0.05, 0.1) is 19.8 Å². The minimum absolute atomic E-state index is 0.0961. The van der Waals surface area contributed by atoms with Crippen molar-refractivity contribution in [2.75, 3.05) is 27.4 Å². The number of nitrogens with zero attached hydrogens (tertiary/aromatic N) is 2. The van der Waals surface area contributed by atoms with Gasteiger partial charge in [-0.1, -0.05) is 30.0 Å². The van der Waals surface area contributed by atoms with E-state index in [-0.39, 0.29) is 18.0 Å². The van der Waals surface area contributed by atoms with Gasteiger partial charge in [-0.3, -0.25) is 15.1 Å². The van der Waals surface area contributed by atoms with Gasteiger partial charge in [0.1, 0.15) is 19.0 Å². The van der Waals surface area contributed by atoms with Crippen molar-refractivity contribution in [3.8, 4) is 23.0 Å². The maximum Gasteiger partial charge on any atom is 0.283 e. The van der Waals surface area contributed by atoms with Gasteiger partial charge < -0.3 is 18.9 Å². The fourth-order valence-corrected chi connectivity index (χ4v) is 4.51. The molecule has 0 spiro atoms. The number of hydrogen-bond donors (Lipinski definition) is 1. The molecule has 2 aromatic rings. The van der Waals surface area contributed by atoms with Crippen LogP contribution in [-0.2, 0) is 11.2 Å². The van der Waals surface area contributed by atoms with Gasteiger partial charge in [-0.25, -0.2) is 0 Å². The number of allylic oxidation sites excluding steroid dienone is 2. The average molecular weight is 506 g/mol. The average Bonchev–Trinajstić information content (AvgIpc) is 3.25. The first-order valence-electron chi connectivity index (χ1n) is 11.2. The van der Waals surface area contributed by atoms with Crippen molar-refractivity contribution in [1.29, 1.82) is 5.41 Å². The lowest BCUT2D eigenvalue weighted by molar-refractivity contribution is -0.114. The van der Waals surface area contributed by atoms with Crippen LogP contribution in [0.5, 0.6) is 23.0 Å². The Morgan fingerprint density at radius 3 is 2.36 bits per heavy atom. The predicted molar refractivity (Wildman–Crippen MR) is 142 cm³/mol. The molecule has 0 aromatic heterocycles. The number of hydrogen-bond acceptors (Lipinski definition) is 7. The van der Waals surface area contributed by atoms with Crippen molar-refractivity contribution in [2.45, 2.75) is 13.3 Å². The monoisotopic (exact) mass is 505 g/mol. The molecule has 2 aromatic carbocycles. The molecule has 36 heavy (non-hydrogen) atoms. The summed E-state index contributed by atoms with van der Waals surface area (Å²) in [7, 11) is 3.15. The van der Waals surface area contributed by atoms with Gasteiger partial charge in [0.25, 0.3) is 5.91 Å². The SMILES string of the molecule is C=CCc1ccc(OCCOc2ccc(C=C3C(=N)N4C=C(C)SC4=NC3=O)cc2OC)c(OC)c1. The van der Waals surface area contributed by atoms with Crippen molar-refractivity contribution in [2.24, 2.45) is 4.99 Å². The second-order valence-electron chi connectivity index (χ2n) is 7.90. The lowest BCUT2D eigenvalue weighted by atomic mass is 10.1. The Kier molecular flexibility index (Phi) is 7.80. The zero-order valence-corrected chi connectivity index (χ0v) is 21.2. The smallest absolute Gasteiger partial charge is 0.283 e. The van der Waals surface area contributed by atoms with Gasteiger partial charge >= 0.3 is 0 Å². The molecule has 0 bridgehead atoms. The van der Waals surface area contributed by atoms with Crippen molar-refractivity contribution < 1.29 is 23.7 Å². The number of nitrogens with one attached hydrogen (secondary N) is 1. The van der Waals surface area contributed by atoms with Crippen LogP contribution < -0.4 is 18.9 Å². The summed E-state index contributed by atoms with van der Waals surface area (Å²) in [5.74, 6) is 1.99.